The van der Waals surface area contributed by atoms with Crippen LogP contribution in [0.2, 0.25) is 0 Å². The molecule has 3 aromatic carbocycles. The monoisotopic (exact) mass is 508 g/mol. The average Bonchev–Trinajstić information content (AvgIpc) is 3.45. The van der Waals surface area contributed by atoms with Gasteiger partial charge in [0.25, 0.3) is 5.91 Å². The van der Waals surface area contributed by atoms with Gasteiger partial charge < -0.3 is 9.47 Å². The Hall–Kier alpha value is -4.05. The number of ether oxygens (including phenoxy) is 2. The number of rotatable bonds is 10. The lowest BCUT2D eigenvalue weighted by atomic mass is 10.0. The van der Waals surface area contributed by atoms with Crippen LogP contribution in [0.25, 0.3) is 10.9 Å². The number of para-hydroxylation sites is 1. The van der Waals surface area contributed by atoms with Crippen LogP contribution in [0.3, 0.4) is 0 Å². The fourth-order valence-corrected chi connectivity index (χ4v) is 5.08. The van der Waals surface area contributed by atoms with E-state index < -0.39 is 5.66 Å². The van der Waals surface area contributed by atoms with Crippen molar-refractivity contribution in [2.45, 2.75) is 38.0 Å². The van der Waals surface area contributed by atoms with Crippen LogP contribution in [-0.4, -0.2) is 36.4 Å². The highest BCUT2D eigenvalue weighted by molar-refractivity contribution is 6.01. The van der Waals surface area contributed by atoms with Crippen molar-refractivity contribution in [2.75, 3.05) is 20.8 Å². The molecule has 0 bridgehead atoms. The molecule has 1 unspecified atom stereocenters. The molecule has 6 nitrogen and oxygen atoms in total. The highest BCUT2D eigenvalue weighted by Crippen LogP contribution is 2.41. The number of nitrogens with zero attached hydrogens (tertiary/aromatic N) is 2. The van der Waals surface area contributed by atoms with Gasteiger partial charge >= 0.3 is 0 Å². The minimum Gasteiger partial charge on any atom is -0.497 e. The zero-order valence-corrected chi connectivity index (χ0v) is 21.9. The van der Waals surface area contributed by atoms with E-state index >= 15 is 0 Å². The van der Waals surface area contributed by atoms with E-state index in [0.29, 0.717) is 38.2 Å². The minimum atomic E-state index is -0.954. The lowest BCUT2D eigenvalue weighted by Gasteiger charge is -2.34. The molecule has 4 aromatic rings. The van der Waals surface area contributed by atoms with Gasteiger partial charge in [-0.25, -0.2) is 0 Å². The molecule has 6 heteroatoms. The number of carbonyl (C=O) groups excluding carboxylic acids is 1. The minimum absolute atomic E-state index is 0.180. The Labute approximate surface area is 223 Å². The number of amides is 1. The Morgan fingerprint density at radius 2 is 1.66 bits per heavy atom. The topological polar surface area (TPSA) is 52.9 Å². The van der Waals surface area contributed by atoms with Gasteiger partial charge in [-0.05, 0) is 54.2 Å². The van der Waals surface area contributed by atoms with Gasteiger partial charge in [-0.15, -0.1) is 0 Å². The Kier molecular flexibility index (Phi) is 7.78. The quantitative estimate of drug-likeness (QED) is 0.196. The summed E-state index contributed by atoms with van der Waals surface area (Å²) in [6, 6.07) is 28.1. The van der Waals surface area contributed by atoms with E-state index in [1.54, 1.807) is 7.11 Å². The first-order valence-electron chi connectivity index (χ1n) is 12.9. The normalized spacial score (nSPS) is 16.4. The fourth-order valence-electron chi connectivity index (χ4n) is 5.08. The van der Waals surface area contributed by atoms with Gasteiger partial charge in [-0.3, -0.25) is 14.2 Å². The van der Waals surface area contributed by atoms with E-state index in [1.165, 1.54) is 17.7 Å². The lowest BCUT2D eigenvalue weighted by Crippen LogP contribution is -2.45. The van der Waals surface area contributed by atoms with E-state index in [1.807, 2.05) is 77.4 Å². The molecule has 0 saturated heterocycles. The Bertz CT molecular complexity index is 1450. The molecular weight excluding hydrogens is 476 g/mol. The number of fused-ring (bicyclic) bond motifs is 3. The van der Waals surface area contributed by atoms with E-state index in [-0.39, 0.29) is 5.91 Å². The maximum Gasteiger partial charge on any atom is 0.297 e. The maximum atomic E-state index is 13.5. The van der Waals surface area contributed by atoms with Gasteiger partial charge in [0.05, 0.1) is 26.3 Å². The summed E-state index contributed by atoms with van der Waals surface area (Å²) >= 11 is 0. The molecule has 0 N–H and O–H groups in total. The Morgan fingerprint density at radius 1 is 0.895 bits per heavy atom. The van der Waals surface area contributed by atoms with Gasteiger partial charge in [0.15, 0.2) is 0 Å². The predicted molar refractivity (Wildman–Crippen MR) is 148 cm³/mol. The summed E-state index contributed by atoms with van der Waals surface area (Å²) in [4.78, 5) is 19.2. The summed E-state index contributed by atoms with van der Waals surface area (Å²) in [5.74, 6) is 7.49. The molecule has 1 aliphatic heterocycles. The van der Waals surface area contributed by atoms with Crippen LogP contribution < -0.4 is 4.74 Å². The highest BCUT2D eigenvalue weighted by atomic mass is 16.7. The molecule has 5 rings (SSSR count). The number of benzene rings is 3. The maximum absolute atomic E-state index is 13.5. The number of hydrogen-bond donors (Lipinski definition) is 0. The summed E-state index contributed by atoms with van der Waals surface area (Å²) in [5.41, 5.74) is 2.91. The number of aromatic nitrogens is 1. The van der Waals surface area contributed by atoms with Crippen LogP contribution in [0.15, 0.2) is 84.9 Å². The third kappa shape index (κ3) is 5.04. The SMILES string of the molecule is COc1ccc(COCCCC2(C#CCCc3ccccc3)N(OC)C(=O)c3cc4ccccc4n32)cc1. The molecule has 2 heterocycles. The molecule has 1 amide bonds. The third-order valence-electron chi connectivity index (χ3n) is 6.91. The molecule has 1 aromatic heterocycles. The van der Waals surface area contributed by atoms with Crippen LogP contribution in [0.5, 0.6) is 5.75 Å². The van der Waals surface area contributed by atoms with Crippen molar-refractivity contribution >= 4 is 16.8 Å². The first-order chi connectivity index (χ1) is 18.7. The molecule has 194 valence electrons. The molecular formula is C32H32N2O4. The Balaban J connectivity index is 1.38. The van der Waals surface area contributed by atoms with Gasteiger partial charge in [0, 0.05) is 24.8 Å². The molecule has 0 saturated carbocycles. The van der Waals surface area contributed by atoms with Crippen molar-refractivity contribution in [2.24, 2.45) is 0 Å². The second-order valence-corrected chi connectivity index (χ2v) is 9.31. The number of hydrogen-bond acceptors (Lipinski definition) is 4. The first kappa shape index (κ1) is 25.6. The molecule has 0 spiro atoms. The summed E-state index contributed by atoms with van der Waals surface area (Å²) < 4.78 is 13.3. The van der Waals surface area contributed by atoms with Crippen LogP contribution in [0.4, 0.5) is 0 Å². The third-order valence-corrected chi connectivity index (χ3v) is 6.91. The van der Waals surface area contributed by atoms with Gasteiger partial charge in [0.1, 0.15) is 11.4 Å². The van der Waals surface area contributed by atoms with Crippen LogP contribution >= 0.6 is 0 Å². The van der Waals surface area contributed by atoms with Crippen molar-refractivity contribution in [3.63, 3.8) is 0 Å². The number of methoxy groups -OCH3 is 1. The van der Waals surface area contributed by atoms with E-state index in [4.69, 9.17) is 14.3 Å². The van der Waals surface area contributed by atoms with Crippen molar-refractivity contribution in [1.82, 2.24) is 9.63 Å². The standard InChI is InChI=1S/C32H32N2O4/c1-36-28-18-16-26(17-19-28)24-38-22-10-21-32(20-9-8-13-25-11-4-3-5-12-25)33-29-15-7-6-14-27(29)23-30(33)31(35)34(32)37-2/h3-7,11-12,14-19,23H,8,10,13,21-22,24H2,1-2H3. The fraction of sp³-hybridized carbons (Fsp3) is 0.281. The largest absolute Gasteiger partial charge is 0.497 e. The zero-order chi connectivity index (χ0) is 26.4. The summed E-state index contributed by atoms with van der Waals surface area (Å²) in [7, 11) is 3.19. The average molecular weight is 509 g/mol. The van der Waals surface area contributed by atoms with Crippen LogP contribution in [-0.2, 0) is 28.3 Å². The van der Waals surface area contributed by atoms with Crippen LogP contribution in [0.1, 0.15) is 40.9 Å². The summed E-state index contributed by atoms with van der Waals surface area (Å²) in [6.45, 7) is 1.03. The van der Waals surface area contributed by atoms with Crippen molar-refractivity contribution in [1.29, 1.82) is 0 Å². The Morgan fingerprint density at radius 3 is 2.42 bits per heavy atom. The first-order valence-corrected chi connectivity index (χ1v) is 12.9. The van der Waals surface area contributed by atoms with Crippen molar-refractivity contribution in [3.8, 4) is 17.6 Å². The van der Waals surface area contributed by atoms with E-state index in [2.05, 4.69) is 24.0 Å². The number of aryl methyl sites for hydroxylation is 1. The van der Waals surface area contributed by atoms with Crippen molar-refractivity contribution < 1.29 is 19.1 Å². The second kappa shape index (κ2) is 11.6. The van der Waals surface area contributed by atoms with Gasteiger partial charge in [0.2, 0.25) is 5.66 Å². The molecule has 0 radical (unpaired) electrons. The number of carbonyl (C=O) groups is 1. The highest BCUT2D eigenvalue weighted by Gasteiger charge is 2.50. The van der Waals surface area contributed by atoms with E-state index in [0.717, 1.165) is 28.6 Å². The summed E-state index contributed by atoms with van der Waals surface area (Å²) in [5, 5.41) is 2.45. The lowest BCUT2D eigenvalue weighted by molar-refractivity contribution is -0.161. The molecule has 0 aliphatic carbocycles. The molecule has 1 aliphatic rings. The van der Waals surface area contributed by atoms with Crippen LogP contribution in [0, 0.1) is 11.8 Å². The molecule has 0 fully saturated rings. The summed E-state index contributed by atoms with van der Waals surface area (Å²) in [6.07, 6.45) is 2.79. The predicted octanol–water partition coefficient (Wildman–Crippen LogP) is 5.95. The van der Waals surface area contributed by atoms with E-state index in [9.17, 15) is 4.79 Å². The molecule has 1 atom stereocenters. The zero-order valence-electron chi connectivity index (χ0n) is 21.9. The van der Waals surface area contributed by atoms with Crippen molar-refractivity contribution in [3.05, 3.63) is 102 Å². The van der Waals surface area contributed by atoms with Gasteiger partial charge in [-0.2, -0.15) is 5.06 Å². The smallest absolute Gasteiger partial charge is 0.297 e. The second-order valence-electron chi connectivity index (χ2n) is 9.31. The van der Waals surface area contributed by atoms with Gasteiger partial charge in [-0.1, -0.05) is 66.6 Å². The molecule has 38 heavy (non-hydrogen) atoms. The number of hydroxylamine groups is 2.